The maximum absolute atomic E-state index is 12.7. The Bertz CT molecular complexity index is 454. The molecule has 1 aromatic heterocycles. The Morgan fingerprint density at radius 2 is 2.16 bits per heavy atom. The fraction of sp³-hybridized carbons (Fsp3) is 0.714. The molecule has 2 heterocycles. The van der Waals surface area contributed by atoms with E-state index in [1.54, 1.807) is 4.68 Å². The summed E-state index contributed by atoms with van der Waals surface area (Å²) in [6.45, 7) is 2.63. The maximum Gasteiger partial charge on any atom is 0.274 e. The monoisotopic (exact) mass is 262 g/mol. The summed E-state index contributed by atoms with van der Waals surface area (Å²) >= 11 is 0. The molecule has 1 saturated heterocycles. The predicted molar refractivity (Wildman–Crippen MR) is 72.9 cm³/mol. The number of nitrogens with one attached hydrogen (secondary N) is 1. The lowest BCUT2D eigenvalue weighted by molar-refractivity contribution is 0.0217. The van der Waals surface area contributed by atoms with Crippen LogP contribution in [-0.2, 0) is 7.05 Å². The first-order valence-corrected chi connectivity index (χ1v) is 7.24. The number of aromatic nitrogens is 2. The van der Waals surface area contributed by atoms with Crippen molar-refractivity contribution in [2.24, 2.45) is 7.05 Å². The molecule has 0 radical (unpaired) electrons. The number of nitrogens with zero attached hydrogens (tertiary/aromatic N) is 3. The van der Waals surface area contributed by atoms with E-state index in [2.05, 4.69) is 15.3 Å². The quantitative estimate of drug-likeness (QED) is 0.826. The van der Waals surface area contributed by atoms with Crippen LogP contribution >= 0.6 is 0 Å². The maximum atomic E-state index is 12.7. The van der Waals surface area contributed by atoms with Crippen LogP contribution in [0.4, 0.5) is 0 Å². The van der Waals surface area contributed by atoms with Gasteiger partial charge in [-0.1, -0.05) is 19.3 Å². The van der Waals surface area contributed by atoms with Crippen molar-refractivity contribution in [3.05, 3.63) is 18.0 Å². The highest BCUT2D eigenvalue weighted by Crippen LogP contribution is 2.35. The van der Waals surface area contributed by atoms with E-state index in [0.29, 0.717) is 5.69 Å². The van der Waals surface area contributed by atoms with Gasteiger partial charge in [0.05, 0.1) is 5.54 Å². The molecule has 3 rings (SSSR count). The Morgan fingerprint density at radius 1 is 1.37 bits per heavy atom. The summed E-state index contributed by atoms with van der Waals surface area (Å²) in [6.07, 6.45) is 7.84. The first-order valence-electron chi connectivity index (χ1n) is 7.24. The van der Waals surface area contributed by atoms with Gasteiger partial charge in [-0.25, -0.2) is 0 Å². The molecule has 0 atom stereocenters. The first-order chi connectivity index (χ1) is 9.21. The molecule has 19 heavy (non-hydrogen) atoms. The van der Waals surface area contributed by atoms with E-state index in [1.807, 2.05) is 19.3 Å². The summed E-state index contributed by atoms with van der Waals surface area (Å²) in [5.41, 5.74) is 0.611. The van der Waals surface area contributed by atoms with Gasteiger partial charge in [-0.15, -0.1) is 0 Å². The van der Waals surface area contributed by atoms with Gasteiger partial charge in [0.15, 0.2) is 0 Å². The SMILES string of the molecule is Cn1ccc(C(=O)N2CCNCC23CCCCC3)n1. The fourth-order valence-corrected chi connectivity index (χ4v) is 3.49. The lowest BCUT2D eigenvalue weighted by Crippen LogP contribution is -2.63. The second-order valence-electron chi connectivity index (χ2n) is 5.79. The highest BCUT2D eigenvalue weighted by molar-refractivity contribution is 5.93. The number of hydrogen-bond donors (Lipinski definition) is 1. The van der Waals surface area contributed by atoms with Gasteiger partial charge in [-0.2, -0.15) is 5.10 Å². The number of amides is 1. The third-order valence-electron chi connectivity index (χ3n) is 4.50. The molecule has 1 aromatic rings. The molecule has 0 unspecified atom stereocenters. The van der Waals surface area contributed by atoms with Crippen molar-refractivity contribution < 1.29 is 4.79 Å². The van der Waals surface area contributed by atoms with Crippen molar-refractivity contribution >= 4 is 5.91 Å². The molecule has 1 aliphatic carbocycles. The molecule has 1 spiro atoms. The average Bonchev–Trinajstić information content (AvgIpc) is 2.86. The Labute approximate surface area is 114 Å². The van der Waals surface area contributed by atoms with Crippen LogP contribution in [0.3, 0.4) is 0 Å². The third kappa shape index (κ3) is 2.27. The number of carbonyl (C=O) groups is 1. The van der Waals surface area contributed by atoms with Crippen LogP contribution in [0.15, 0.2) is 12.3 Å². The molecule has 5 heteroatoms. The van der Waals surface area contributed by atoms with E-state index in [9.17, 15) is 4.79 Å². The van der Waals surface area contributed by atoms with Gasteiger partial charge in [0.2, 0.25) is 0 Å². The minimum atomic E-state index is 0.0328. The zero-order valence-electron chi connectivity index (χ0n) is 11.6. The third-order valence-corrected chi connectivity index (χ3v) is 4.50. The summed E-state index contributed by atoms with van der Waals surface area (Å²) in [7, 11) is 1.85. The van der Waals surface area contributed by atoms with Crippen molar-refractivity contribution in [1.82, 2.24) is 20.0 Å². The zero-order chi connectivity index (χ0) is 13.3. The molecule has 1 aliphatic heterocycles. The van der Waals surface area contributed by atoms with Gasteiger partial charge >= 0.3 is 0 Å². The summed E-state index contributed by atoms with van der Waals surface area (Å²) in [5, 5.41) is 7.74. The van der Waals surface area contributed by atoms with Crippen molar-refractivity contribution in [2.45, 2.75) is 37.6 Å². The summed E-state index contributed by atoms with van der Waals surface area (Å²) in [6, 6.07) is 1.82. The molecule has 2 fully saturated rings. The average molecular weight is 262 g/mol. The van der Waals surface area contributed by atoms with E-state index >= 15 is 0 Å². The number of hydrogen-bond acceptors (Lipinski definition) is 3. The van der Waals surface area contributed by atoms with Gasteiger partial charge < -0.3 is 10.2 Å². The van der Waals surface area contributed by atoms with Crippen molar-refractivity contribution in [3.63, 3.8) is 0 Å². The van der Waals surface area contributed by atoms with Crippen LogP contribution in [0.2, 0.25) is 0 Å². The van der Waals surface area contributed by atoms with Gasteiger partial charge in [0.25, 0.3) is 5.91 Å². The molecule has 5 nitrogen and oxygen atoms in total. The van der Waals surface area contributed by atoms with Crippen molar-refractivity contribution in [2.75, 3.05) is 19.6 Å². The van der Waals surface area contributed by atoms with Crippen LogP contribution in [0.1, 0.15) is 42.6 Å². The van der Waals surface area contributed by atoms with Crippen LogP contribution in [0.25, 0.3) is 0 Å². The van der Waals surface area contributed by atoms with Gasteiger partial charge in [-0.05, 0) is 18.9 Å². The van der Waals surface area contributed by atoms with Crippen LogP contribution in [0.5, 0.6) is 0 Å². The minimum Gasteiger partial charge on any atom is -0.329 e. The Kier molecular flexibility index (Phi) is 3.31. The summed E-state index contributed by atoms with van der Waals surface area (Å²) < 4.78 is 1.70. The molecule has 0 aromatic carbocycles. The largest absolute Gasteiger partial charge is 0.329 e. The summed E-state index contributed by atoms with van der Waals surface area (Å²) in [4.78, 5) is 14.8. The lowest BCUT2D eigenvalue weighted by Gasteiger charge is -2.49. The lowest BCUT2D eigenvalue weighted by atomic mass is 9.79. The smallest absolute Gasteiger partial charge is 0.274 e. The second kappa shape index (κ2) is 4.96. The normalized spacial score (nSPS) is 22.7. The molecule has 1 saturated carbocycles. The van der Waals surface area contributed by atoms with E-state index in [0.717, 1.165) is 32.5 Å². The first kappa shape index (κ1) is 12.7. The molecule has 1 N–H and O–H groups in total. The highest BCUT2D eigenvalue weighted by Gasteiger charge is 2.42. The highest BCUT2D eigenvalue weighted by atomic mass is 16.2. The Morgan fingerprint density at radius 3 is 2.84 bits per heavy atom. The van der Waals surface area contributed by atoms with Crippen LogP contribution in [0, 0.1) is 0 Å². The minimum absolute atomic E-state index is 0.0328. The summed E-state index contributed by atoms with van der Waals surface area (Å²) in [5.74, 6) is 0.101. The van der Waals surface area contributed by atoms with Crippen molar-refractivity contribution in [3.8, 4) is 0 Å². The predicted octanol–water partition coefficient (Wildman–Crippen LogP) is 1.17. The molecular weight excluding hydrogens is 240 g/mol. The Balaban J connectivity index is 1.85. The van der Waals surface area contributed by atoms with Crippen LogP contribution in [-0.4, -0.2) is 45.8 Å². The van der Waals surface area contributed by atoms with Crippen LogP contribution < -0.4 is 5.32 Å². The van der Waals surface area contributed by atoms with E-state index in [1.165, 1.54) is 19.3 Å². The standard InChI is InChI=1S/C14H22N4O/c1-17-9-5-12(16-17)13(19)18-10-8-15-11-14(18)6-3-2-4-7-14/h5,9,15H,2-4,6-8,10-11H2,1H3. The number of aryl methyl sites for hydroxylation is 1. The molecule has 2 aliphatic rings. The second-order valence-corrected chi connectivity index (χ2v) is 5.79. The number of carbonyl (C=O) groups excluding carboxylic acids is 1. The molecule has 0 bridgehead atoms. The van der Waals surface area contributed by atoms with Gasteiger partial charge in [0, 0.05) is 32.9 Å². The molecule has 1 amide bonds. The van der Waals surface area contributed by atoms with Gasteiger partial charge in [0.1, 0.15) is 5.69 Å². The molecular formula is C14H22N4O. The number of piperazine rings is 1. The van der Waals surface area contributed by atoms with E-state index < -0.39 is 0 Å². The van der Waals surface area contributed by atoms with Gasteiger partial charge in [-0.3, -0.25) is 9.48 Å². The topological polar surface area (TPSA) is 50.2 Å². The Hall–Kier alpha value is -1.36. The van der Waals surface area contributed by atoms with Crippen molar-refractivity contribution in [1.29, 1.82) is 0 Å². The van der Waals surface area contributed by atoms with E-state index in [-0.39, 0.29) is 11.4 Å². The fourth-order valence-electron chi connectivity index (χ4n) is 3.49. The van der Waals surface area contributed by atoms with E-state index in [4.69, 9.17) is 0 Å². The number of rotatable bonds is 1. The zero-order valence-corrected chi connectivity index (χ0v) is 11.6. The molecule has 104 valence electrons.